The summed E-state index contributed by atoms with van der Waals surface area (Å²) in [7, 11) is 5.82. The van der Waals surface area contributed by atoms with Gasteiger partial charge in [-0.15, -0.1) is 0 Å². The van der Waals surface area contributed by atoms with Crippen LogP contribution in [-0.2, 0) is 4.74 Å². The molecular formula is C11H27N5O. The van der Waals surface area contributed by atoms with Crippen molar-refractivity contribution in [2.24, 2.45) is 10.8 Å². The lowest BCUT2D eigenvalue weighted by Gasteiger charge is -2.24. The van der Waals surface area contributed by atoms with Crippen LogP contribution in [0.3, 0.4) is 0 Å². The average molecular weight is 245 g/mol. The third kappa shape index (κ3) is 7.95. The van der Waals surface area contributed by atoms with Crippen LogP contribution in [0.1, 0.15) is 13.3 Å². The van der Waals surface area contributed by atoms with Crippen molar-refractivity contribution in [2.45, 2.75) is 13.3 Å². The summed E-state index contributed by atoms with van der Waals surface area (Å²) in [5.41, 5.74) is 2.66. The number of methoxy groups -OCH3 is 1. The zero-order valence-corrected chi connectivity index (χ0v) is 11.6. The van der Waals surface area contributed by atoms with Gasteiger partial charge in [-0.1, -0.05) is 0 Å². The van der Waals surface area contributed by atoms with Crippen molar-refractivity contribution < 1.29 is 4.74 Å². The molecule has 0 aliphatic carbocycles. The minimum atomic E-state index is 0.612. The molecule has 0 bridgehead atoms. The van der Waals surface area contributed by atoms with Crippen molar-refractivity contribution in [2.75, 3.05) is 54.0 Å². The van der Waals surface area contributed by atoms with Crippen LogP contribution in [0.25, 0.3) is 0 Å². The first-order chi connectivity index (χ1) is 8.15. The fourth-order valence-electron chi connectivity index (χ4n) is 1.47. The van der Waals surface area contributed by atoms with Crippen molar-refractivity contribution in [3.05, 3.63) is 0 Å². The molecule has 0 fully saturated rings. The molecule has 0 amide bonds. The molecule has 0 aliphatic rings. The van der Waals surface area contributed by atoms with Crippen LogP contribution in [0.2, 0.25) is 0 Å². The zero-order chi connectivity index (χ0) is 13.1. The third-order valence-corrected chi connectivity index (χ3v) is 2.40. The normalized spacial score (nSPS) is 12.0. The Morgan fingerprint density at radius 1 is 1.35 bits per heavy atom. The molecule has 0 heterocycles. The Hall–Kier alpha value is -0.850. The van der Waals surface area contributed by atoms with Crippen molar-refractivity contribution >= 4 is 5.96 Å². The highest BCUT2D eigenvalue weighted by Crippen LogP contribution is 1.94. The van der Waals surface area contributed by atoms with Gasteiger partial charge in [0, 0.05) is 20.2 Å². The molecule has 0 saturated heterocycles. The number of nitrogens with zero attached hydrogens (tertiary/aromatic N) is 3. The van der Waals surface area contributed by atoms with Crippen LogP contribution in [0.15, 0.2) is 4.99 Å². The molecule has 0 radical (unpaired) electrons. The van der Waals surface area contributed by atoms with Gasteiger partial charge in [0.05, 0.1) is 13.2 Å². The monoisotopic (exact) mass is 245 g/mol. The van der Waals surface area contributed by atoms with E-state index >= 15 is 0 Å². The number of guanidine groups is 1. The average Bonchev–Trinajstić information content (AvgIpc) is 2.31. The van der Waals surface area contributed by atoms with Crippen molar-refractivity contribution in [3.8, 4) is 0 Å². The number of ether oxygens (including phenoxy) is 1. The Bertz CT molecular complexity index is 208. The van der Waals surface area contributed by atoms with Gasteiger partial charge in [0.15, 0.2) is 0 Å². The molecule has 0 rings (SSSR count). The van der Waals surface area contributed by atoms with Gasteiger partial charge >= 0.3 is 0 Å². The second-order valence-electron chi connectivity index (χ2n) is 4.08. The molecule has 0 aliphatic heterocycles. The van der Waals surface area contributed by atoms with E-state index in [0.717, 1.165) is 32.0 Å². The van der Waals surface area contributed by atoms with Crippen molar-refractivity contribution in [1.82, 2.24) is 15.2 Å². The molecular weight excluding hydrogens is 218 g/mol. The first-order valence-corrected chi connectivity index (χ1v) is 6.05. The van der Waals surface area contributed by atoms with Crippen LogP contribution in [0.4, 0.5) is 0 Å². The van der Waals surface area contributed by atoms with Gasteiger partial charge in [-0.25, -0.2) is 10.8 Å². The number of hydrogen-bond donors (Lipinski definition) is 2. The van der Waals surface area contributed by atoms with Crippen LogP contribution in [-0.4, -0.2) is 69.8 Å². The van der Waals surface area contributed by atoms with Crippen molar-refractivity contribution in [3.63, 3.8) is 0 Å². The number of nitrogens with two attached hydrogens (primary N) is 1. The molecule has 0 aromatic heterocycles. The molecule has 0 aromatic rings. The summed E-state index contributed by atoms with van der Waals surface area (Å²) in [5, 5.41) is 0. The Balaban J connectivity index is 4.13. The van der Waals surface area contributed by atoms with Crippen LogP contribution in [0, 0.1) is 0 Å². The Morgan fingerprint density at radius 3 is 2.53 bits per heavy atom. The molecule has 0 unspecified atom stereocenters. The highest BCUT2D eigenvalue weighted by atomic mass is 16.5. The molecule has 17 heavy (non-hydrogen) atoms. The SMILES string of the molecule is CCN(CCCN(C)C)C(=NCCOC)NN. The summed E-state index contributed by atoms with van der Waals surface area (Å²) in [6, 6.07) is 0. The highest BCUT2D eigenvalue weighted by molar-refractivity contribution is 5.79. The zero-order valence-electron chi connectivity index (χ0n) is 11.6. The molecule has 102 valence electrons. The largest absolute Gasteiger partial charge is 0.383 e. The maximum absolute atomic E-state index is 5.49. The van der Waals surface area contributed by atoms with Gasteiger partial charge in [-0.05, 0) is 34.0 Å². The van der Waals surface area contributed by atoms with Crippen LogP contribution >= 0.6 is 0 Å². The molecule has 0 saturated carbocycles. The summed E-state index contributed by atoms with van der Waals surface area (Å²) in [5.74, 6) is 6.23. The number of hydrazine groups is 1. The quantitative estimate of drug-likeness (QED) is 0.202. The lowest BCUT2D eigenvalue weighted by molar-refractivity contribution is 0.207. The van der Waals surface area contributed by atoms with Crippen LogP contribution < -0.4 is 11.3 Å². The summed E-state index contributed by atoms with van der Waals surface area (Å²) < 4.78 is 4.96. The summed E-state index contributed by atoms with van der Waals surface area (Å²) in [6.45, 7) is 6.24. The second kappa shape index (κ2) is 10.3. The minimum absolute atomic E-state index is 0.612. The number of rotatable bonds is 8. The predicted octanol–water partition coefficient (Wildman–Crippen LogP) is -0.274. The lowest BCUT2D eigenvalue weighted by Crippen LogP contribution is -2.45. The van der Waals surface area contributed by atoms with Crippen molar-refractivity contribution in [1.29, 1.82) is 0 Å². The van der Waals surface area contributed by atoms with E-state index in [1.54, 1.807) is 7.11 Å². The van der Waals surface area contributed by atoms with E-state index in [9.17, 15) is 0 Å². The Labute approximate surface area is 105 Å². The molecule has 3 N–H and O–H groups in total. The Morgan fingerprint density at radius 2 is 2.06 bits per heavy atom. The van der Waals surface area contributed by atoms with E-state index in [1.165, 1.54) is 0 Å². The molecule has 0 aromatic carbocycles. The topological polar surface area (TPSA) is 66.1 Å². The summed E-state index contributed by atoms with van der Waals surface area (Å²) in [4.78, 5) is 8.68. The van der Waals surface area contributed by atoms with Gasteiger partial charge in [0.1, 0.15) is 0 Å². The maximum atomic E-state index is 5.49. The highest BCUT2D eigenvalue weighted by Gasteiger charge is 2.07. The van der Waals surface area contributed by atoms with E-state index in [0.29, 0.717) is 13.2 Å². The predicted molar refractivity (Wildman–Crippen MR) is 71.9 cm³/mol. The first-order valence-electron chi connectivity index (χ1n) is 6.05. The number of aliphatic imine (C=N–C) groups is 1. The van der Waals surface area contributed by atoms with E-state index in [1.807, 2.05) is 0 Å². The summed E-state index contributed by atoms with van der Waals surface area (Å²) in [6.07, 6.45) is 1.09. The van der Waals surface area contributed by atoms with Gasteiger partial charge in [0.25, 0.3) is 0 Å². The lowest BCUT2D eigenvalue weighted by atomic mass is 10.3. The fourth-order valence-corrected chi connectivity index (χ4v) is 1.47. The van der Waals surface area contributed by atoms with E-state index in [-0.39, 0.29) is 0 Å². The Kier molecular flexibility index (Phi) is 9.80. The third-order valence-electron chi connectivity index (χ3n) is 2.40. The summed E-state index contributed by atoms with van der Waals surface area (Å²) >= 11 is 0. The van der Waals surface area contributed by atoms with Crippen LogP contribution in [0.5, 0.6) is 0 Å². The minimum Gasteiger partial charge on any atom is -0.383 e. The van der Waals surface area contributed by atoms with Gasteiger partial charge in [-0.2, -0.15) is 0 Å². The second-order valence-corrected chi connectivity index (χ2v) is 4.08. The first kappa shape index (κ1) is 16.1. The standard InChI is InChI=1S/C11H27N5O/c1-5-16(9-6-8-15(2)3)11(14-12)13-7-10-17-4/h5-10,12H2,1-4H3,(H,13,14). The number of hydrogen-bond acceptors (Lipinski definition) is 4. The molecule has 6 heteroatoms. The van der Waals surface area contributed by atoms with E-state index in [4.69, 9.17) is 10.6 Å². The molecule has 0 atom stereocenters. The number of nitrogens with one attached hydrogen (secondary N) is 1. The van der Waals surface area contributed by atoms with E-state index < -0.39 is 0 Å². The molecule has 6 nitrogen and oxygen atoms in total. The smallest absolute Gasteiger partial charge is 0.208 e. The van der Waals surface area contributed by atoms with E-state index in [2.05, 4.69) is 41.2 Å². The van der Waals surface area contributed by atoms with Gasteiger partial charge < -0.3 is 14.5 Å². The maximum Gasteiger partial charge on any atom is 0.208 e. The molecule has 0 spiro atoms. The van der Waals surface area contributed by atoms with Gasteiger partial charge in [0.2, 0.25) is 5.96 Å². The van der Waals surface area contributed by atoms with Gasteiger partial charge in [-0.3, -0.25) is 5.43 Å². The fraction of sp³-hybridized carbons (Fsp3) is 0.909.